The van der Waals surface area contributed by atoms with Gasteiger partial charge < -0.3 is 4.74 Å². The number of carbonyl (C=O) groups excluding carboxylic acids is 1. The number of carbonyl (C=O) groups is 1. The van der Waals surface area contributed by atoms with Crippen LogP contribution in [0.1, 0.15) is 30.1 Å². The fourth-order valence-electron chi connectivity index (χ4n) is 1.23. The molecule has 0 heterocycles. The maximum absolute atomic E-state index is 11.5. The number of ketones is 1. The Labute approximate surface area is 90.6 Å². The molecule has 0 radical (unpaired) electrons. The van der Waals surface area contributed by atoms with Crippen molar-refractivity contribution in [2.45, 2.75) is 19.8 Å². The summed E-state index contributed by atoms with van der Waals surface area (Å²) < 4.78 is 5.53. The standard InChI is InChI=1S/C13H16O2/c1-3-5-10-15-13-9-7-6-8-11(13)12(14)4-2/h4,6-9H,2-3,5,10H2,1H3. The minimum atomic E-state index is -0.0953. The quantitative estimate of drug-likeness (QED) is 0.404. The van der Waals surface area contributed by atoms with Gasteiger partial charge in [-0.3, -0.25) is 4.79 Å². The zero-order chi connectivity index (χ0) is 11.1. The van der Waals surface area contributed by atoms with Crippen LogP contribution in [0.4, 0.5) is 0 Å². The molecule has 0 aliphatic rings. The summed E-state index contributed by atoms with van der Waals surface area (Å²) in [5.74, 6) is 0.554. The van der Waals surface area contributed by atoms with Gasteiger partial charge >= 0.3 is 0 Å². The van der Waals surface area contributed by atoms with Crippen LogP contribution in [-0.2, 0) is 0 Å². The second-order valence-corrected chi connectivity index (χ2v) is 3.27. The van der Waals surface area contributed by atoms with E-state index in [0.29, 0.717) is 17.9 Å². The number of benzene rings is 1. The highest BCUT2D eigenvalue weighted by molar-refractivity contribution is 6.06. The lowest BCUT2D eigenvalue weighted by Gasteiger charge is -2.08. The number of hydrogen-bond donors (Lipinski definition) is 0. The summed E-state index contributed by atoms with van der Waals surface area (Å²) in [6.45, 7) is 6.22. The number of allylic oxidation sites excluding steroid dienone is 1. The topological polar surface area (TPSA) is 26.3 Å². The van der Waals surface area contributed by atoms with E-state index in [1.165, 1.54) is 6.08 Å². The number of hydrogen-bond acceptors (Lipinski definition) is 2. The molecule has 0 saturated carbocycles. The summed E-state index contributed by atoms with van der Waals surface area (Å²) in [5.41, 5.74) is 0.587. The van der Waals surface area contributed by atoms with Gasteiger partial charge in [0.15, 0.2) is 5.78 Å². The van der Waals surface area contributed by atoms with Gasteiger partial charge in [0.2, 0.25) is 0 Å². The Morgan fingerprint density at radius 3 is 2.87 bits per heavy atom. The van der Waals surface area contributed by atoms with Crippen LogP contribution in [0.3, 0.4) is 0 Å². The summed E-state index contributed by atoms with van der Waals surface area (Å²) in [6.07, 6.45) is 3.39. The molecule has 1 aromatic carbocycles. The Morgan fingerprint density at radius 2 is 2.20 bits per heavy atom. The SMILES string of the molecule is C=CC(=O)c1ccccc1OCCCC. The van der Waals surface area contributed by atoms with E-state index >= 15 is 0 Å². The lowest BCUT2D eigenvalue weighted by Crippen LogP contribution is -2.02. The molecule has 1 rings (SSSR count). The number of unbranched alkanes of at least 4 members (excludes halogenated alkanes) is 1. The van der Waals surface area contributed by atoms with Crippen molar-refractivity contribution >= 4 is 5.78 Å². The molecule has 0 amide bonds. The summed E-state index contributed by atoms with van der Waals surface area (Å²) in [6, 6.07) is 7.25. The smallest absolute Gasteiger partial charge is 0.188 e. The van der Waals surface area contributed by atoms with Gasteiger partial charge in [0.1, 0.15) is 5.75 Å². The van der Waals surface area contributed by atoms with Crippen molar-refractivity contribution in [3.63, 3.8) is 0 Å². The molecule has 0 bridgehead atoms. The van der Waals surface area contributed by atoms with E-state index in [4.69, 9.17) is 4.74 Å². The van der Waals surface area contributed by atoms with E-state index < -0.39 is 0 Å². The average molecular weight is 204 g/mol. The van der Waals surface area contributed by atoms with Gasteiger partial charge in [-0.1, -0.05) is 32.1 Å². The average Bonchev–Trinajstić information content (AvgIpc) is 2.29. The molecule has 15 heavy (non-hydrogen) atoms. The fourth-order valence-corrected chi connectivity index (χ4v) is 1.23. The Kier molecular flexibility index (Phi) is 4.61. The predicted octanol–water partition coefficient (Wildman–Crippen LogP) is 3.23. The largest absolute Gasteiger partial charge is 0.493 e. The van der Waals surface area contributed by atoms with E-state index in [1.807, 2.05) is 18.2 Å². The third kappa shape index (κ3) is 3.24. The van der Waals surface area contributed by atoms with Crippen LogP contribution in [0.2, 0.25) is 0 Å². The molecule has 0 N–H and O–H groups in total. The Morgan fingerprint density at radius 1 is 1.47 bits per heavy atom. The van der Waals surface area contributed by atoms with Crippen LogP contribution in [0.25, 0.3) is 0 Å². The van der Waals surface area contributed by atoms with E-state index in [1.54, 1.807) is 6.07 Å². The minimum Gasteiger partial charge on any atom is -0.493 e. The summed E-state index contributed by atoms with van der Waals surface area (Å²) in [5, 5.41) is 0. The third-order valence-electron chi connectivity index (χ3n) is 2.09. The van der Waals surface area contributed by atoms with Crippen LogP contribution >= 0.6 is 0 Å². The van der Waals surface area contributed by atoms with Crippen molar-refractivity contribution in [1.82, 2.24) is 0 Å². The van der Waals surface area contributed by atoms with Gasteiger partial charge in [0.25, 0.3) is 0 Å². The molecule has 0 unspecified atom stereocenters. The normalized spacial score (nSPS) is 9.67. The van der Waals surface area contributed by atoms with E-state index in [9.17, 15) is 4.79 Å². The lowest BCUT2D eigenvalue weighted by molar-refractivity contribution is 0.104. The Bertz CT molecular complexity index is 342. The first kappa shape index (κ1) is 11.5. The fraction of sp³-hybridized carbons (Fsp3) is 0.308. The first-order chi connectivity index (χ1) is 7.29. The number of para-hydroxylation sites is 1. The lowest BCUT2D eigenvalue weighted by atomic mass is 10.1. The molecule has 0 saturated heterocycles. The first-order valence-electron chi connectivity index (χ1n) is 5.18. The zero-order valence-electron chi connectivity index (χ0n) is 9.03. The van der Waals surface area contributed by atoms with Gasteiger partial charge in [0.05, 0.1) is 12.2 Å². The highest BCUT2D eigenvalue weighted by Gasteiger charge is 2.07. The van der Waals surface area contributed by atoms with E-state index in [2.05, 4.69) is 13.5 Å². The Balaban J connectivity index is 2.77. The number of ether oxygens (including phenoxy) is 1. The molecule has 2 nitrogen and oxygen atoms in total. The van der Waals surface area contributed by atoms with Crippen molar-refractivity contribution in [3.05, 3.63) is 42.5 Å². The minimum absolute atomic E-state index is 0.0953. The van der Waals surface area contributed by atoms with Crippen LogP contribution in [0.15, 0.2) is 36.9 Å². The van der Waals surface area contributed by atoms with Gasteiger partial charge in [-0.15, -0.1) is 0 Å². The van der Waals surface area contributed by atoms with Crippen molar-refractivity contribution in [2.24, 2.45) is 0 Å². The molecule has 0 aliphatic heterocycles. The molecule has 80 valence electrons. The number of rotatable bonds is 6. The maximum atomic E-state index is 11.5. The second-order valence-electron chi connectivity index (χ2n) is 3.27. The highest BCUT2D eigenvalue weighted by Crippen LogP contribution is 2.19. The summed E-state index contributed by atoms with van der Waals surface area (Å²) >= 11 is 0. The van der Waals surface area contributed by atoms with Crippen molar-refractivity contribution in [3.8, 4) is 5.75 Å². The maximum Gasteiger partial charge on any atom is 0.188 e. The molecule has 0 aliphatic carbocycles. The van der Waals surface area contributed by atoms with Crippen LogP contribution < -0.4 is 4.74 Å². The molecule has 0 atom stereocenters. The molecule has 2 heteroatoms. The zero-order valence-corrected chi connectivity index (χ0v) is 9.03. The van der Waals surface area contributed by atoms with Crippen LogP contribution in [0, 0.1) is 0 Å². The molecule has 0 spiro atoms. The predicted molar refractivity (Wildman–Crippen MR) is 61.4 cm³/mol. The van der Waals surface area contributed by atoms with Gasteiger partial charge in [0, 0.05) is 0 Å². The molecule has 1 aromatic rings. The van der Waals surface area contributed by atoms with E-state index in [0.717, 1.165) is 12.8 Å². The summed E-state index contributed by atoms with van der Waals surface area (Å²) in [4.78, 5) is 11.5. The molecular formula is C13H16O2. The molecular weight excluding hydrogens is 188 g/mol. The van der Waals surface area contributed by atoms with Gasteiger partial charge in [-0.2, -0.15) is 0 Å². The second kappa shape index (κ2) is 6.02. The molecule has 0 fully saturated rings. The van der Waals surface area contributed by atoms with E-state index in [-0.39, 0.29) is 5.78 Å². The van der Waals surface area contributed by atoms with Crippen molar-refractivity contribution in [1.29, 1.82) is 0 Å². The first-order valence-corrected chi connectivity index (χ1v) is 5.18. The van der Waals surface area contributed by atoms with Gasteiger partial charge in [-0.25, -0.2) is 0 Å². The third-order valence-corrected chi connectivity index (χ3v) is 2.09. The highest BCUT2D eigenvalue weighted by atomic mass is 16.5. The van der Waals surface area contributed by atoms with Crippen LogP contribution in [0.5, 0.6) is 5.75 Å². The summed E-state index contributed by atoms with van der Waals surface area (Å²) in [7, 11) is 0. The van der Waals surface area contributed by atoms with Gasteiger partial charge in [-0.05, 0) is 24.6 Å². The van der Waals surface area contributed by atoms with Crippen LogP contribution in [-0.4, -0.2) is 12.4 Å². The molecule has 0 aromatic heterocycles. The van der Waals surface area contributed by atoms with Crippen molar-refractivity contribution < 1.29 is 9.53 Å². The monoisotopic (exact) mass is 204 g/mol. The Hall–Kier alpha value is -1.57. The van der Waals surface area contributed by atoms with Crippen molar-refractivity contribution in [2.75, 3.05) is 6.61 Å².